The van der Waals surface area contributed by atoms with E-state index in [-0.39, 0.29) is 12.8 Å². The van der Waals surface area contributed by atoms with Crippen molar-refractivity contribution in [2.24, 2.45) is 0 Å². The molecule has 5 heteroatoms. The smallest absolute Gasteiger partial charge is 0.317 e. The molecule has 0 fully saturated rings. The van der Waals surface area contributed by atoms with Crippen molar-refractivity contribution in [3.8, 4) is 5.75 Å². The van der Waals surface area contributed by atoms with E-state index in [0.717, 1.165) is 23.3 Å². The van der Waals surface area contributed by atoms with Gasteiger partial charge in [0.2, 0.25) is 0 Å². The van der Waals surface area contributed by atoms with Gasteiger partial charge in [-0.25, -0.2) is 4.79 Å². The molecule has 0 unspecified atom stereocenters. The normalized spacial score (nSPS) is 10.1. The lowest BCUT2D eigenvalue weighted by Gasteiger charge is -2.14. The molecule has 1 aromatic rings. The highest BCUT2D eigenvalue weighted by atomic mass is 35.5. The Morgan fingerprint density at radius 1 is 1.21 bits per heavy atom. The molecule has 2 N–H and O–H groups in total. The van der Waals surface area contributed by atoms with Gasteiger partial charge < -0.3 is 15.4 Å². The maximum absolute atomic E-state index is 11.4. The largest absolute Gasteiger partial charge is 0.473 e. The van der Waals surface area contributed by atoms with Gasteiger partial charge in [0.05, 0.1) is 0 Å². The second-order valence-corrected chi connectivity index (χ2v) is 4.80. The number of ether oxygens (including phenoxy) is 1. The van der Waals surface area contributed by atoms with Crippen LogP contribution in [0.15, 0.2) is 12.1 Å². The molecule has 2 amide bonds. The summed E-state index contributed by atoms with van der Waals surface area (Å²) in [6.45, 7) is 6.75. The molecule has 0 aliphatic carbocycles. The molecule has 0 aliphatic heterocycles. The van der Waals surface area contributed by atoms with E-state index in [4.69, 9.17) is 16.3 Å². The number of benzene rings is 1. The summed E-state index contributed by atoms with van der Waals surface area (Å²) in [7, 11) is 0. The molecular formula is C14H21ClN2O2. The van der Waals surface area contributed by atoms with Crippen molar-refractivity contribution in [1.82, 2.24) is 10.6 Å². The highest BCUT2D eigenvalue weighted by Gasteiger charge is 2.06. The maximum atomic E-state index is 11.4. The van der Waals surface area contributed by atoms with Crippen molar-refractivity contribution < 1.29 is 9.53 Å². The molecule has 4 nitrogen and oxygen atoms in total. The number of aryl methyl sites for hydroxylation is 2. The van der Waals surface area contributed by atoms with Crippen LogP contribution in [0.3, 0.4) is 0 Å². The Balaban J connectivity index is 2.41. The van der Waals surface area contributed by atoms with Gasteiger partial charge in [0.15, 0.2) is 6.73 Å². The van der Waals surface area contributed by atoms with E-state index in [1.54, 1.807) is 0 Å². The monoisotopic (exact) mass is 284 g/mol. The quantitative estimate of drug-likeness (QED) is 0.479. The van der Waals surface area contributed by atoms with Crippen molar-refractivity contribution >= 4 is 17.6 Å². The molecule has 0 atom stereocenters. The molecule has 0 saturated heterocycles. The summed E-state index contributed by atoms with van der Waals surface area (Å²) >= 11 is 5.52. The van der Waals surface area contributed by atoms with E-state index in [0.29, 0.717) is 12.4 Å². The fourth-order valence-corrected chi connectivity index (χ4v) is 1.79. The maximum Gasteiger partial charge on any atom is 0.317 e. The van der Waals surface area contributed by atoms with E-state index in [1.807, 2.05) is 26.8 Å². The van der Waals surface area contributed by atoms with Crippen LogP contribution in [0.25, 0.3) is 0 Å². The number of urea groups is 1. The first-order valence-electron chi connectivity index (χ1n) is 6.33. The summed E-state index contributed by atoms with van der Waals surface area (Å²) in [6.07, 6.45) is 0.756. The summed E-state index contributed by atoms with van der Waals surface area (Å²) in [4.78, 5) is 11.4. The average Bonchev–Trinajstić information content (AvgIpc) is 2.38. The molecule has 106 valence electrons. The van der Waals surface area contributed by atoms with Crippen molar-refractivity contribution in [1.29, 1.82) is 0 Å². The zero-order chi connectivity index (χ0) is 14.3. The number of halogens is 1. The third kappa shape index (κ3) is 4.99. The van der Waals surface area contributed by atoms with Gasteiger partial charge >= 0.3 is 6.03 Å². The molecular weight excluding hydrogens is 264 g/mol. The average molecular weight is 285 g/mol. The van der Waals surface area contributed by atoms with Crippen LogP contribution in [0.2, 0.25) is 0 Å². The second kappa shape index (κ2) is 7.89. The highest BCUT2D eigenvalue weighted by molar-refractivity contribution is 6.17. The van der Waals surface area contributed by atoms with Gasteiger partial charge in [-0.3, -0.25) is 0 Å². The van der Waals surface area contributed by atoms with Crippen molar-refractivity contribution in [2.75, 3.05) is 19.2 Å². The van der Waals surface area contributed by atoms with E-state index < -0.39 is 0 Å². The lowest BCUT2D eigenvalue weighted by atomic mass is 10.1. The Hall–Kier alpha value is -1.42. The first-order valence-corrected chi connectivity index (χ1v) is 6.87. The van der Waals surface area contributed by atoms with Crippen LogP contribution in [-0.2, 0) is 0 Å². The minimum absolute atomic E-state index is 0.151. The molecule has 1 aromatic carbocycles. The summed E-state index contributed by atoms with van der Waals surface area (Å²) in [6, 6.07) is 3.83. The lowest BCUT2D eigenvalue weighted by Crippen LogP contribution is -2.38. The summed E-state index contributed by atoms with van der Waals surface area (Å²) < 4.78 is 5.63. The Labute approximate surface area is 119 Å². The molecule has 1 rings (SSSR count). The van der Waals surface area contributed by atoms with Crippen LogP contribution < -0.4 is 15.4 Å². The summed E-state index contributed by atoms with van der Waals surface area (Å²) in [5.74, 6) is 1.37. The van der Waals surface area contributed by atoms with Crippen LogP contribution in [0.5, 0.6) is 5.75 Å². The van der Waals surface area contributed by atoms with E-state index in [9.17, 15) is 4.79 Å². The van der Waals surface area contributed by atoms with Gasteiger partial charge in [-0.2, -0.15) is 0 Å². The van der Waals surface area contributed by atoms with Crippen LogP contribution in [0, 0.1) is 20.8 Å². The fraction of sp³-hybridized carbons (Fsp3) is 0.500. The molecule has 0 heterocycles. The van der Waals surface area contributed by atoms with Crippen molar-refractivity contribution in [2.45, 2.75) is 27.2 Å². The Bertz CT molecular complexity index is 436. The Morgan fingerprint density at radius 3 is 2.58 bits per heavy atom. The van der Waals surface area contributed by atoms with Crippen molar-refractivity contribution in [3.05, 3.63) is 28.8 Å². The second-order valence-electron chi connectivity index (χ2n) is 4.42. The van der Waals surface area contributed by atoms with Crippen LogP contribution in [-0.4, -0.2) is 25.2 Å². The van der Waals surface area contributed by atoms with Gasteiger partial charge in [-0.05, 0) is 43.9 Å². The summed E-state index contributed by atoms with van der Waals surface area (Å²) in [5, 5.41) is 5.34. The zero-order valence-corrected chi connectivity index (χ0v) is 12.4. The zero-order valence-electron chi connectivity index (χ0n) is 11.7. The minimum atomic E-state index is -0.243. The number of alkyl halides is 1. The Kier molecular flexibility index (Phi) is 6.50. The number of hydrogen-bond acceptors (Lipinski definition) is 2. The molecule has 0 bridgehead atoms. The predicted molar refractivity (Wildman–Crippen MR) is 78.0 cm³/mol. The number of carbonyl (C=O) groups excluding carboxylic acids is 1. The van der Waals surface area contributed by atoms with E-state index in [1.165, 1.54) is 5.56 Å². The Morgan fingerprint density at radius 2 is 1.89 bits per heavy atom. The molecule has 0 spiro atoms. The van der Waals surface area contributed by atoms with Gasteiger partial charge in [0.25, 0.3) is 0 Å². The summed E-state index contributed by atoms with van der Waals surface area (Å²) in [5.41, 5.74) is 3.34. The van der Waals surface area contributed by atoms with Gasteiger partial charge in [-0.15, -0.1) is 11.6 Å². The van der Waals surface area contributed by atoms with Crippen LogP contribution in [0.1, 0.15) is 23.1 Å². The third-order valence-electron chi connectivity index (χ3n) is 2.92. The van der Waals surface area contributed by atoms with Crippen molar-refractivity contribution in [3.63, 3.8) is 0 Å². The van der Waals surface area contributed by atoms with Gasteiger partial charge in [0.1, 0.15) is 5.75 Å². The first-order chi connectivity index (χ1) is 9.06. The lowest BCUT2D eigenvalue weighted by molar-refractivity contribution is 0.223. The topological polar surface area (TPSA) is 50.4 Å². The molecule has 0 aromatic heterocycles. The van der Waals surface area contributed by atoms with Crippen LogP contribution in [0.4, 0.5) is 4.79 Å². The minimum Gasteiger partial charge on any atom is -0.473 e. The standard InChI is InChI=1S/C14H21ClN2O2/c1-10-5-6-11(2)13(12(10)3)19-9-17-14(18)16-8-4-7-15/h5-6H,4,7-9H2,1-3H3,(H2,16,17,18). The molecule has 0 aliphatic rings. The molecule has 0 saturated carbocycles. The number of rotatable bonds is 6. The fourth-order valence-electron chi connectivity index (χ4n) is 1.65. The number of carbonyl (C=O) groups is 1. The first kappa shape index (κ1) is 15.6. The SMILES string of the molecule is Cc1ccc(C)c(OCNC(=O)NCCCCl)c1C. The third-order valence-corrected chi connectivity index (χ3v) is 3.19. The molecule has 0 radical (unpaired) electrons. The van der Waals surface area contributed by atoms with E-state index >= 15 is 0 Å². The molecule has 19 heavy (non-hydrogen) atoms. The van der Waals surface area contributed by atoms with Gasteiger partial charge in [0, 0.05) is 12.4 Å². The predicted octanol–water partition coefficient (Wildman–Crippen LogP) is 2.88. The number of nitrogens with one attached hydrogen (secondary N) is 2. The van der Waals surface area contributed by atoms with E-state index in [2.05, 4.69) is 16.7 Å². The van der Waals surface area contributed by atoms with Gasteiger partial charge in [-0.1, -0.05) is 12.1 Å². The number of amides is 2. The highest BCUT2D eigenvalue weighted by Crippen LogP contribution is 2.25. The van der Waals surface area contributed by atoms with Crippen LogP contribution >= 0.6 is 11.6 Å². The number of hydrogen-bond donors (Lipinski definition) is 2.